The molecule has 0 saturated heterocycles. The second-order valence-corrected chi connectivity index (χ2v) is 11.2. The van der Waals surface area contributed by atoms with Crippen LogP contribution in [0.3, 0.4) is 0 Å². The SMILES string of the molecule is CCCC(=O)OP(OC(=O)CCC)(c1ccccc1)(c1ccccc1)c1ccccc1. The van der Waals surface area contributed by atoms with E-state index in [-0.39, 0.29) is 24.8 Å². The minimum atomic E-state index is -4.40. The van der Waals surface area contributed by atoms with Crippen LogP contribution in [0.2, 0.25) is 0 Å². The van der Waals surface area contributed by atoms with Crippen molar-refractivity contribution in [2.24, 2.45) is 0 Å². The summed E-state index contributed by atoms with van der Waals surface area (Å²) in [6.07, 6.45) is 1.73. The molecule has 5 heteroatoms. The van der Waals surface area contributed by atoms with Crippen molar-refractivity contribution in [3.63, 3.8) is 0 Å². The summed E-state index contributed by atoms with van der Waals surface area (Å²) in [7, 11) is -4.40. The van der Waals surface area contributed by atoms with Gasteiger partial charge in [0.25, 0.3) is 0 Å². The third-order valence-electron chi connectivity index (χ3n) is 5.14. The van der Waals surface area contributed by atoms with Gasteiger partial charge in [-0.25, -0.2) is 0 Å². The van der Waals surface area contributed by atoms with Crippen molar-refractivity contribution in [2.75, 3.05) is 0 Å². The third-order valence-corrected chi connectivity index (χ3v) is 9.95. The van der Waals surface area contributed by atoms with Gasteiger partial charge >= 0.3 is 184 Å². The minimum absolute atomic E-state index is 0.232. The van der Waals surface area contributed by atoms with Gasteiger partial charge in [-0.05, 0) is 0 Å². The molecule has 4 nitrogen and oxygen atoms in total. The van der Waals surface area contributed by atoms with E-state index in [0.717, 1.165) is 0 Å². The van der Waals surface area contributed by atoms with Crippen LogP contribution in [-0.2, 0) is 18.6 Å². The Morgan fingerprint density at radius 3 is 1.13 bits per heavy atom. The molecule has 0 atom stereocenters. The van der Waals surface area contributed by atoms with E-state index in [4.69, 9.17) is 9.05 Å². The van der Waals surface area contributed by atoms with Gasteiger partial charge in [0.1, 0.15) is 0 Å². The summed E-state index contributed by atoms with van der Waals surface area (Å²) >= 11 is 0. The fourth-order valence-electron chi connectivity index (χ4n) is 3.77. The Balaban J connectivity index is 2.47. The molecule has 0 spiro atoms. The van der Waals surface area contributed by atoms with Crippen molar-refractivity contribution < 1.29 is 18.6 Å². The van der Waals surface area contributed by atoms with E-state index in [1.165, 1.54) is 0 Å². The average molecular weight is 436 g/mol. The van der Waals surface area contributed by atoms with Gasteiger partial charge in [-0.15, -0.1) is 0 Å². The quantitative estimate of drug-likeness (QED) is 0.442. The zero-order valence-corrected chi connectivity index (χ0v) is 19.0. The standard InChI is InChI=1S/C26H29O4P/c1-3-14-25(27)29-31(30-26(28)15-4-2,22-16-8-5-9-17-22,23-18-10-6-11-19-23)24-20-12-7-13-21-24/h5-13,16-21H,3-4,14-15H2,1-2H3. The molecule has 3 rings (SSSR count). The molecule has 0 aromatic heterocycles. The first-order valence-electron chi connectivity index (χ1n) is 10.7. The fourth-order valence-corrected chi connectivity index (χ4v) is 8.43. The summed E-state index contributed by atoms with van der Waals surface area (Å²) < 4.78 is 13.0. The molecule has 0 saturated carbocycles. The number of benzene rings is 3. The molecular formula is C26H29O4P. The number of carbonyl (C=O) groups excluding carboxylic acids is 2. The molecule has 0 unspecified atom stereocenters. The van der Waals surface area contributed by atoms with Crippen LogP contribution < -0.4 is 15.9 Å². The van der Waals surface area contributed by atoms with Crippen LogP contribution in [0, 0.1) is 0 Å². The van der Waals surface area contributed by atoms with Crippen molar-refractivity contribution in [1.82, 2.24) is 0 Å². The molecule has 31 heavy (non-hydrogen) atoms. The number of hydrogen-bond donors (Lipinski definition) is 0. The van der Waals surface area contributed by atoms with Gasteiger partial charge in [-0.1, -0.05) is 0 Å². The summed E-state index contributed by atoms with van der Waals surface area (Å²) in [6, 6.07) is 28.3. The van der Waals surface area contributed by atoms with Crippen LogP contribution >= 0.6 is 7.06 Å². The maximum atomic E-state index is 13.1. The van der Waals surface area contributed by atoms with E-state index < -0.39 is 7.06 Å². The second kappa shape index (κ2) is 9.89. The van der Waals surface area contributed by atoms with Gasteiger partial charge in [0.15, 0.2) is 0 Å². The molecular weight excluding hydrogens is 407 g/mol. The molecule has 0 aliphatic carbocycles. The molecule has 0 amide bonds. The first-order valence-corrected chi connectivity index (χ1v) is 12.8. The first kappa shape index (κ1) is 22.7. The first-order chi connectivity index (χ1) is 15.1. The Morgan fingerprint density at radius 2 is 0.871 bits per heavy atom. The Kier molecular flexibility index (Phi) is 7.25. The molecule has 0 bridgehead atoms. The van der Waals surface area contributed by atoms with Crippen molar-refractivity contribution in [3.05, 3.63) is 91.0 Å². The molecule has 162 valence electrons. The number of hydrogen-bond acceptors (Lipinski definition) is 4. The molecule has 0 N–H and O–H groups in total. The number of rotatable bonds is 9. The van der Waals surface area contributed by atoms with Gasteiger partial charge in [-0.2, -0.15) is 0 Å². The molecule has 0 aliphatic rings. The molecule has 0 radical (unpaired) electrons. The zero-order chi connectivity index (χ0) is 22.2. The van der Waals surface area contributed by atoms with Crippen molar-refractivity contribution in [2.45, 2.75) is 39.5 Å². The summed E-state index contributed by atoms with van der Waals surface area (Å²) in [5, 5.41) is 2.04. The summed E-state index contributed by atoms with van der Waals surface area (Å²) in [5.41, 5.74) is 0. The van der Waals surface area contributed by atoms with E-state index in [2.05, 4.69) is 0 Å². The predicted octanol–water partition coefficient (Wildman–Crippen LogP) is 5.03. The normalized spacial score (nSPS) is 12.4. The van der Waals surface area contributed by atoms with Gasteiger partial charge < -0.3 is 0 Å². The Morgan fingerprint density at radius 1 is 0.581 bits per heavy atom. The third kappa shape index (κ3) is 4.26. The van der Waals surface area contributed by atoms with Gasteiger partial charge in [0.05, 0.1) is 0 Å². The summed E-state index contributed by atoms with van der Waals surface area (Å²) in [6.45, 7) is 3.85. The van der Waals surface area contributed by atoms with E-state index in [0.29, 0.717) is 28.8 Å². The van der Waals surface area contributed by atoms with E-state index >= 15 is 0 Å². The molecule has 0 aliphatic heterocycles. The van der Waals surface area contributed by atoms with Crippen LogP contribution in [0.1, 0.15) is 39.5 Å². The average Bonchev–Trinajstić information content (AvgIpc) is 2.81. The molecule has 0 fully saturated rings. The van der Waals surface area contributed by atoms with Crippen LogP contribution in [0.25, 0.3) is 0 Å². The topological polar surface area (TPSA) is 52.6 Å². The molecule has 3 aromatic rings. The van der Waals surface area contributed by atoms with E-state index in [1.54, 1.807) is 0 Å². The van der Waals surface area contributed by atoms with Crippen LogP contribution in [0.15, 0.2) is 91.0 Å². The van der Waals surface area contributed by atoms with Gasteiger partial charge in [0, 0.05) is 0 Å². The molecule has 0 heterocycles. The maximum absolute atomic E-state index is 13.1. The Labute approximate surface area is 184 Å². The van der Waals surface area contributed by atoms with Crippen LogP contribution in [0.5, 0.6) is 0 Å². The second-order valence-electron chi connectivity index (χ2n) is 7.39. The van der Waals surface area contributed by atoms with E-state index in [9.17, 15) is 9.59 Å². The van der Waals surface area contributed by atoms with Gasteiger partial charge in [0.2, 0.25) is 0 Å². The van der Waals surface area contributed by atoms with E-state index in [1.807, 2.05) is 105 Å². The van der Waals surface area contributed by atoms with Gasteiger partial charge in [-0.3, -0.25) is 0 Å². The molecule has 3 aromatic carbocycles. The summed E-state index contributed by atoms with van der Waals surface area (Å²) in [4.78, 5) is 26.3. The fraction of sp³-hybridized carbons (Fsp3) is 0.231. The monoisotopic (exact) mass is 436 g/mol. The summed E-state index contributed by atoms with van der Waals surface area (Å²) in [5.74, 6) is -0.776. The Hall–Kier alpha value is -2.97. The zero-order valence-electron chi connectivity index (χ0n) is 18.1. The van der Waals surface area contributed by atoms with Crippen LogP contribution in [-0.4, -0.2) is 11.9 Å². The number of carbonyl (C=O) groups is 2. The van der Waals surface area contributed by atoms with Crippen molar-refractivity contribution in [1.29, 1.82) is 0 Å². The van der Waals surface area contributed by atoms with Crippen LogP contribution in [0.4, 0.5) is 0 Å². The Bertz CT molecular complexity index is 880. The van der Waals surface area contributed by atoms with Crippen molar-refractivity contribution in [3.8, 4) is 0 Å². The predicted molar refractivity (Wildman–Crippen MR) is 127 cm³/mol. The van der Waals surface area contributed by atoms with Crippen molar-refractivity contribution >= 4 is 34.9 Å².